The summed E-state index contributed by atoms with van der Waals surface area (Å²) in [6.07, 6.45) is 66.0. The van der Waals surface area contributed by atoms with E-state index in [-0.39, 0.29) is 12.5 Å². The molecular formula is C68H135NO8. The molecule has 0 aliphatic carbocycles. The van der Waals surface area contributed by atoms with Crippen LogP contribution in [-0.4, -0.2) is 87.5 Å². The highest BCUT2D eigenvalue weighted by molar-refractivity contribution is 5.76. The molecule has 1 rings (SSSR count). The SMILES string of the molecule is CCCCCCCCCCCCCCCCCCCCCCCCCCCCCCCCCCCC(O)C(COC1OC(CO)C(O)C(O)C1O)NC(=O)CCCCCCCCCCCCCCCCCCCCCCC. The van der Waals surface area contributed by atoms with E-state index in [1.807, 2.05) is 0 Å². The minimum atomic E-state index is -1.55. The molecule has 1 saturated heterocycles. The van der Waals surface area contributed by atoms with Crippen molar-refractivity contribution in [1.29, 1.82) is 0 Å². The summed E-state index contributed by atoms with van der Waals surface area (Å²) in [6.45, 7) is 3.91. The van der Waals surface area contributed by atoms with E-state index in [0.717, 1.165) is 38.5 Å². The van der Waals surface area contributed by atoms with E-state index in [2.05, 4.69) is 19.2 Å². The molecule has 0 spiro atoms. The molecule has 0 aromatic carbocycles. The average Bonchev–Trinajstić information content (AvgIpc) is 3.43. The molecule has 9 nitrogen and oxygen atoms in total. The highest BCUT2D eigenvalue weighted by Gasteiger charge is 2.44. The Morgan fingerprint density at radius 3 is 0.922 bits per heavy atom. The van der Waals surface area contributed by atoms with Gasteiger partial charge in [-0.05, 0) is 12.8 Å². The molecule has 1 aliphatic heterocycles. The van der Waals surface area contributed by atoms with E-state index in [4.69, 9.17) is 9.47 Å². The van der Waals surface area contributed by atoms with Crippen molar-refractivity contribution in [2.24, 2.45) is 0 Å². The van der Waals surface area contributed by atoms with Crippen LogP contribution in [0.3, 0.4) is 0 Å². The third-order valence-corrected chi connectivity index (χ3v) is 17.2. The van der Waals surface area contributed by atoms with Crippen LogP contribution in [0.5, 0.6) is 0 Å². The summed E-state index contributed by atoms with van der Waals surface area (Å²) in [6, 6.07) is -0.715. The van der Waals surface area contributed by atoms with Crippen molar-refractivity contribution >= 4 is 5.91 Å². The second-order valence-corrected chi connectivity index (χ2v) is 24.7. The van der Waals surface area contributed by atoms with Gasteiger partial charge in [0.1, 0.15) is 24.4 Å². The molecular weight excluding hydrogens is 959 g/mol. The Bertz CT molecular complexity index is 1180. The van der Waals surface area contributed by atoms with E-state index in [1.54, 1.807) is 0 Å². The number of unbranched alkanes of at least 4 members (excludes halogenated alkanes) is 52. The highest BCUT2D eigenvalue weighted by Crippen LogP contribution is 2.24. The van der Waals surface area contributed by atoms with Crippen LogP contribution in [0, 0.1) is 0 Å². The smallest absolute Gasteiger partial charge is 0.220 e. The van der Waals surface area contributed by atoms with Gasteiger partial charge in [0.15, 0.2) is 6.29 Å². The fourth-order valence-corrected chi connectivity index (χ4v) is 11.8. The average molecular weight is 1090 g/mol. The van der Waals surface area contributed by atoms with Gasteiger partial charge >= 0.3 is 0 Å². The molecule has 1 aliphatic rings. The van der Waals surface area contributed by atoms with Gasteiger partial charge in [0.2, 0.25) is 5.91 Å². The third-order valence-electron chi connectivity index (χ3n) is 17.2. The molecule has 7 unspecified atom stereocenters. The van der Waals surface area contributed by atoms with Crippen molar-refractivity contribution in [2.45, 2.75) is 416 Å². The Balaban J connectivity index is 2.08. The number of ether oxygens (including phenoxy) is 2. The molecule has 1 fully saturated rings. The first-order valence-electron chi connectivity index (χ1n) is 34.7. The molecule has 77 heavy (non-hydrogen) atoms. The minimum Gasteiger partial charge on any atom is -0.394 e. The fraction of sp³-hybridized carbons (Fsp3) is 0.985. The van der Waals surface area contributed by atoms with Crippen LogP contribution in [-0.2, 0) is 14.3 Å². The predicted molar refractivity (Wildman–Crippen MR) is 328 cm³/mol. The lowest BCUT2D eigenvalue weighted by Gasteiger charge is -2.40. The van der Waals surface area contributed by atoms with Crippen molar-refractivity contribution in [3.63, 3.8) is 0 Å². The van der Waals surface area contributed by atoms with Gasteiger partial charge in [0.25, 0.3) is 0 Å². The molecule has 9 heteroatoms. The normalized spacial score (nSPS) is 18.6. The zero-order chi connectivity index (χ0) is 55.8. The second kappa shape index (κ2) is 58.4. The summed E-state index contributed by atoms with van der Waals surface area (Å²) in [4.78, 5) is 13.1. The quantitative estimate of drug-likeness (QED) is 0.0330. The first-order valence-corrected chi connectivity index (χ1v) is 34.7. The van der Waals surface area contributed by atoms with Crippen LogP contribution in [0.4, 0.5) is 0 Å². The maximum absolute atomic E-state index is 13.1. The van der Waals surface area contributed by atoms with Gasteiger partial charge in [-0.25, -0.2) is 0 Å². The Kier molecular flexibility index (Phi) is 56.3. The first-order chi connectivity index (χ1) is 37.8. The summed E-state index contributed by atoms with van der Waals surface area (Å²) in [5.74, 6) is -0.134. The summed E-state index contributed by atoms with van der Waals surface area (Å²) in [5.41, 5.74) is 0. The fourth-order valence-electron chi connectivity index (χ4n) is 11.8. The van der Waals surface area contributed by atoms with Crippen LogP contribution in [0.25, 0.3) is 0 Å². The van der Waals surface area contributed by atoms with E-state index in [1.165, 1.54) is 308 Å². The lowest BCUT2D eigenvalue weighted by molar-refractivity contribution is -0.302. The van der Waals surface area contributed by atoms with Gasteiger partial charge in [-0.2, -0.15) is 0 Å². The van der Waals surface area contributed by atoms with Crippen molar-refractivity contribution in [3.05, 3.63) is 0 Å². The number of nitrogens with one attached hydrogen (secondary N) is 1. The molecule has 1 amide bonds. The largest absolute Gasteiger partial charge is 0.394 e. The lowest BCUT2D eigenvalue weighted by Crippen LogP contribution is -2.60. The molecule has 6 N–H and O–H groups in total. The molecule has 0 aromatic heterocycles. The van der Waals surface area contributed by atoms with Gasteiger partial charge in [-0.15, -0.1) is 0 Å². The lowest BCUT2D eigenvalue weighted by atomic mass is 9.99. The number of hydrogen-bond donors (Lipinski definition) is 6. The monoisotopic (exact) mass is 1090 g/mol. The van der Waals surface area contributed by atoms with Crippen LogP contribution >= 0.6 is 0 Å². The summed E-state index contributed by atoms with van der Waals surface area (Å²) in [5, 5.41) is 54.9. The molecule has 460 valence electrons. The van der Waals surface area contributed by atoms with Crippen molar-refractivity contribution in [1.82, 2.24) is 5.32 Å². The zero-order valence-corrected chi connectivity index (χ0v) is 51.5. The highest BCUT2D eigenvalue weighted by atomic mass is 16.7. The zero-order valence-electron chi connectivity index (χ0n) is 51.5. The number of carbonyl (C=O) groups is 1. The molecule has 7 atom stereocenters. The Labute approximate surface area is 478 Å². The van der Waals surface area contributed by atoms with E-state index in [9.17, 15) is 30.3 Å². The van der Waals surface area contributed by atoms with Crippen LogP contribution in [0.2, 0.25) is 0 Å². The van der Waals surface area contributed by atoms with Gasteiger partial charge < -0.3 is 40.3 Å². The summed E-state index contributed by atoms with van der Waals surface area (Å²) in [7, 11) is 0. The number of aliphatic hydroxyl groups is 5. The Morgan fingerprint density at radius 2 is 0.649 bits per heavy atom. The summed E-state index contributed by atoms with van der Waals surface area (Å²) >= 11 is 0. The molecule has 1 heterocycles. The molecule has 0 bridgehead atoms. The third kappa shape index (κ3) is 47.4. The number of aliphatic hydroxyl groups excluding tert-OH is 5. The van der Waals surface area contributed by atoms with Crippen molar-refractivity contribution < 1.29 is 39.8 Å². The van der Waals surface area contributed by atoms with E-state index >= 15 is 0 Å². The van der Waals surface area contributed by atoms with E-state index in [0.29, 0.717) is 12.8 Å². The van der Waals surface area contributed by atoms with Gasteiger partial charge in [-0.3, -0.25) is 4.79 Å². The number of carbonyl (C=O) groups excluding carboxylic acids is 1. The standard InChI is InChI=1S/C68H135NO8/c1-3-5-7-9-11-13-15-17-19-21-23-25-26-27-28-29-30-31-32-33-34-35-36-38-39-41-43-45-47-49-51-53-55-57-62(71)61(60-76-68-67(75)66(74)65(73)63(59-70)77-68)69-64(72)58-56-54-52-50-48-46-44-42-40-37-24-22-20-18-16-14-12-10-8-6-4-2/h61-63,65-68,70-71,73-75H,3-60H2,1-2H3,(H,69,72). The summed E-state index contributed by atoms with van der Waals surface area (Å²) < 4.78 is 11.4. The second-order valence-electron chi connectivity index (χ2n) is 24.7. The van der Waals surface area contributed by atoms with E-state index < -0.39 is 49.5 Å². The van der Waals surface area contributed by atoms with Crippen molar-refractivity contribution in [3.8, 4) is 0 Å². The molecule has 0 radical (unpaired) electrons. The number of rotatable bonds is 62. The Hall–Kier alpha value is -0.810. The van der Waals surface area contributed by atoms with Gasteiger partial charge in [0.05, 0.1) is 25.4 Å². The van der Waals surface area contributed by atoms with Gasteiger partial charge in [-0.1, -0.05) is 354 Å². The predicted octanol–water partition coefficient (Wildman–Crippen LogP) is 18.5. The Morgan fingerprint density at radius 1 is 0.390 bits per heavy atom. The van der Waals surface area contributed by atoms with Gasteiger partial charge in [0, 0.05) is 6.42 Å². The van der Waals surface area contributed by atoms with Crippen molar-refractivity contribution in [2.75, 3.05) is 13.2 Å². The first kappa shape index (κ1) is 74.2. The maximum Gasteiger partial charge on any atom is 0.220 e. The number of hydrogen-bond acceptors (Lipinski definition) is 8. The molecule has 0 aromatic rings. The van der Waals surface area contributed by atoms with Crippen LogP contribution in [0.15, 0.2) is 0 Å². The number of amides is 1. The molecule has 0 saturated carbocycles. The minimum absolute atomic E-state index is 0.130. The topological polar surface area (TPSA) is 149 Å². The maximum atomic E-state index is 13.1. The van der Waals surface area contributed by atoms with Crippen LogP contribution in [0.1, 0.15) is 373 Å². The van der Waals surface area contributed by atoms with Crippen LogP contribution < -0.4 is 5.32 Å².